The molecule has 0 saturated carbocycles. The fourth-order valence-corrected chi connectivity index (χ4v) is 2.48. The van der Waals surface area contributed by atoms with E-state index in [1.165, 1.54) is 0 Å². The average Bonchev–Trinajstić information content (AvgIpc) is 2.22. The van der Waals surface area contributed by atoms with Crippen LogP contribution in [0.15, 0.2) is 0 Å². The topological polar surface area (TPSA) is 72.2 Å². The molecule has 0 unspecified atom stereocenters. The predicted octanol–water partition coefficient (Wildman–Crippen LogP) is 2.90. The van der Waals surface area contributed by atoms with Gasteiger partial charge in [-0.3, -0.25) is 4.79 Å². The molecule has 0 spiro atoms. The van der Waals surface area contributed by atoms with Gasteiger partial charge in [-0.05, 0) is 31.1 Å². The van der Waals surface area contributed by atoms with Gasteiger partial charge in [-0.2, -0.15) is 0 Å². The van der Waals surface area contributed by atoms with Crippen LogP contribution >= 0.6 is 0 Å². The molecule has 0 aromatic carbocycles. The number of carbonyl (C=O) groups excluding carboxylic acids is 2. The highest BCUT2D eigenvalue weighted by atomic mass is 16.1. The van der Waals surface area contributed by atoms with Crippen molar-refractivity contribution in [3.05, 3.63) is 0 Å². The van der Waals surface area contributed by atoms with Gasteiger partial charge in [0, 0.05) is 23.9 Å². The van der Waals surface area contributed by atoms with E-state index in [0.29, 0.717) is 13.0 Å². The maximum Gasteiger partial charge on any atom is 0.220 e. The third kappa shape index (κ3) is 7.07. The number of rotatable bonds is 8. The number of nitrogens with one attached hydrogen (secondary N) is 1. The summed E-state index contributed by atoms with van der Waals surface area (Å²) in [7, 11) is 0. The lowest BCUT2D eigenvalue weighted by atomic mass is 9.67. The van der Waals surface area contributed by atoms with Gasteiger partial charge >= 0.3 is 0 Å². The molecule has 0 fully saturated rings. The smallest absolute Gasteiger partial charge is 0.220 e. The van der Waals surface area contributed by atoms with Gasteiger partial charge in [0.2, 0.25) is 5.91 Å². The van der Waals surface area contributed by atoms with E-state index in [4.69, 9.17) is 5.73 Å². The van der Waals surface area contributed by atoms with Crippen LogP contribution in [0.3, 0.4) is 0 Å². The predicted molar refractivity (Wildman–Crippen MR) is 87.9 cm³/mol. The van der Waals surface area contributed by atoms with Crippen molar-refractivity contribution >= 4 is 12.2 Å². The molecular weight excluding hydrogens is 264 g/mol. The van der Waals surface area contributed by atoms with Crippen molar-refractivity contribution in [1.29, 1.82) is 0 Å². The van der Waals surface area contributed by atoms with Crippen LogP contribution in [0.25, 0.3) is 0 Å². The molecule has 124 valence electrons. The number of carbonyl (C=O) groups is 2. The molecule has 0 saturated heterocycles. The molecule has 1 amide bonds. The van der Waals surface area contributed by atoms with E-state index in [1.807, 2.05) is 41.5 Å². The fourth-order valence-electron chi connectivity index (χ4n) is 2.48. The lowest BCUT2D eigenvalue weighted by Crippen LogP contribution is -2.44. The monoisotopic (exact) mass is 298 g/mol. The van der Waals surface area contributed by atoms with Crippen LogP contribution in [-0.4, -0.2) is 24.3 Å². The third-order valence-corrected chi connectivity index (χ3v) is 4.34. The highest BCUT2D eigenvalue weighted by molar-refractivity contribution is 5.77. The molecule has 4 heteroatoms. The largest absolute Gasteiger partial charge is 0.356 e. The van der Waals surface area contributed by atoms with Gasteiger partial charge in [-0.25, -0.2) is 0 Å². The number of hydrogen-bond acceptors (Lipinski definition) is 3. The summed E-state index contributed by atoms with van der Waals surface area (Å²) < 4.78 is 0. The van der Waals surface area contributed by atoms with Crippen LogP contribution in [0.1, 0.15) is 68.2 Å². The van der Waals surface area contributed by atoms with Gasteiger partial charge in [-0.1, -0.05) is 41.5 Å². The van der Waals surface area contributed by atoms with Crippen molar-refractivity contribution in [3.63, 3.8) is 0 Å². The SMILES string of the molecule is CC(C)(N)CC(C)(C)CNC(=O)CC(C)(C)C(C)(C)C=O. The lowest BCUT2D eigenvalue weighted by Gasteiger charge is -2.37. The number of nitrogens with two attached hydrogens (primary N) is 1. The van der Waals surface area contributed by atoms with Crippen LogP contribution < -0.4 is 11.1 Å². The van der Waals surface area contributed by atoms with Crippen LogP contribution in [0.4, 0.5) is 0 Å². The zero-order chi connectivity index (χ0) is 17.1. The van der Waals surface area contributed by atoms with E-state index in [0.717, 1.165) is 12.7 Å². The summed E-state index contributed by atoms with van der Waals surface area (Å²) in [5, 5.41) is 2.99. The average molecular weight is 298 g/mol. The number of hydrogen-bond donors (Lipinski definition) is 2. The van der Waals surface area contributed by atoms with Gasteiger partial charge < -0.3 is 15.8 Å². The summed E-state index contributed by atoms with van der Waals surface area (Å²) in [6, 6.07) is 0. The highest BCUT2D eigenvalue weighted by Gasteiger charge is 2.38. The van der Waals surface area contributed by atoms with Crippen molar-refractivity contribution in [2.24, 2.45) is 22.0 Å². The Morgan fingerprint density at radius 2 is 1.52 bits per heavy atom. The Kier molecular flexibility index (Phi) is 6.19. The first-order valence-corrected chi connectivity index (χ1v) is 7.64. The van der Waals surface area contributed by atoms with Crippen LogP contribution in [-0.2, 0) is 9.59 Å². The van der Waals surface area contributed by atoms with Crippen LogP contribution in [0, 0.1) is 16.2 Å². The van der Waals surface area contributed by atoms with Crippen molar-refractivity contribution in [2.75, 3.05) is 6.54 Å². The summed E-state index contributed by atoms with van der Waals surface area (Å²) in [6.45, 7) is 16.4. The van der Waals surface area contributed by atoms with Crippen molar-refractivity contribution in [2.45, 2.75) is 73.8 Å². The molecule has 0 aliphatic carbocycles. The molecule has 0 aromatic heterocycles. The highest BCUT2D eigenvalue weighted by Crippen LogP contribution is 2.39. The molecule has 0 aliphatic rings. The second-order valence-corrected chi connectivity index (χ2v) is 9.01. The van der Waals surface area contributed by atoms with Crippen LogP contribution in [0.2, 0.25) is 0 Å². The molecule has 21 heavy (non-hydrogen) atoms. The fraction of sp³-hybridized carbons (Fsp3) is 0.882. The third-order valence-electron chi connectivity index (χ3n) is 4.34. The first-order valence-electron chi connectivity index (χ1n) is 7.64. The van der Waals surface area contributed by atoms with E-state index in [9.17, 15) is 9.59 Å². The zero-order valence-corrected chi connectivity index (χ0v) is 15.1. The Labute approximate surface area is 130 Å². The quantitative estimate of drug-likeness (QED) is 0.677. The minimum absolute atomic E-state index is 0.0159. The van der Waals surface area contributed by atoms with Gasteiger partial charge in [0.25, 0.3) is 0 Å². The second-order valence-electron chi connectivity index (χ2n) is 9.01. The van der Waals surface area contributed by atoms with Crippen molar-refractivity contribution < 1.29 is 9.59 Å². The van der Waals surface area contributed by atoms with Gasteiger partial charge in [0.1, 0.15) is 6.29 Å². The normalized spacial score (nSPS) is 14.0. The summed E-state index contributed by atoms with van der Waals surface area (Å²) >= 11 is 0. The summed E-state index contributed by atoms with van der Waals surface area (Å²) in [5.41, 5.74) is 4.83. The standard InChI is InChI=1S/C17H34N2O2/c1-14(2,10-17(7,8)18)11-19-13(21)9-15(3,4)16(5,6)12-20/h12H,9-11,18H2,1-8H3,(H,19,21). The van der Waals surface area contributed by atoms with Crippen molar-refractivity contribution in [3.8, 4) is 0 Å². The molecule has 0 aliphatic heterocycles. The van der Waals surface area contributed by atoms with E-state index < -0.39 is 5.41 Å². The summed E-state index contributed by atoms with van der Waals surface area (Å²) in [6.07, 6.45) is 2.09. The molecule has 0 heterocycles. The minimum Gasteiger partial charge on any atom is -0.356 e. The Morgan fingerprint density at radius 3 is 1.90 bits per heavy atom. The van der Waals surface area contributed by atoms with Crippen LogP contribution in [0.5, 0.6) is 0 Å². The Bertz CT molecular complexity index is 377. The molecule has 0 radical (unpaired) electrons. The van der Waals surface area contributed by atoms with Gasteiger partial charge in [0.15, 0.2) is 0 Å². The molecule has 4 nitrogen and oxygen atoms in total. The summed E-state index contributed by atoms with van der Waals surface area (Å²) in [4.78, 5) is 23.4. The maximum atomic E-state index is 12.2. The van der Waals surface area contributed by atoms with E-state index >= 15 is 0 Å². The molecule has 0 bridgehead atoms. The molecular formula is C17H34N2O2. The molecule has 0 rings (SSSR count). The van der Waals surface area contributed by atoms with E-state index in [-0.39, 0.29) is 22.3 Å². The number of aldehydes is 1. The second kappa shape index (κ2) is 6.47. The van der Waals surface area contributed by atoms with Gasteiger partial charge in [0.05, 0.1) is 0 Å². The Hall–Kier alpha value is -0.900. The summed E-state index contributed by atoms with van der Waals surface area (Å²) in [5.74, 6) is -0.0159. The van der Waals surface area contributed by atoms with E-state index in [2.05, 4.69) is 19.2 Å². The maximum absolute atomic E-state index is 12.2. The molecule has 3 N–H and O–H groups in total. The lowest BCUT2D eigenvalue weighted by molar-refractivity contribution is -0.128. The number of amides is 1. The van der Waals surface area contributed by atoms with Crippen molar-refractivity contribution in [1.82, 2.24) is 5.32 Å². The van der Waals surface area contributed by atoms with E-state index in [1.54, 1.807) is 0 Å². The molecule has 0 atom stereocenters. The zero-order valence-electron chi connectivity index (χ0n) is 15.1. The Morgan fingerprint density at radius 1 is 1.05 bits per heavy atom. The molecule has 0 aromatic rings. The first kappa shape index (κ1) is 20.1. The minimum atomic E-state index is -0.529. The first-order chi connectivity index (χ1) is 9.12. The van der Waals surface area contributed by atoms with Gasteiger partial charge in [-0.15, -0.1) is 0 Å². The Balaban J connectivity index is 4.56.